The lowest BCUT2D eigenvalue weighted by Gasteiger charge is -2.28. The maximum Gasteiger partial charge on any atom is 0.417 e. The highest BCUT2D eigenvalue weighted by Gasteiger charge is 2.52. The van der Waals surface area contributed by atoms with Crippen molar-refractivity contribution < 1.29 is 35.9 Å². The van der Waals surface area contributed by atoms with Gasteiger partial charge in [0.25, 0.3) is 5.56 Å². The van der Waals surface area contributed by atoms with Gasteiger partial charge in [-0.05, 0) is 71.2 Å². The average Bonchev–Trinajstić information content (AvgIpc) is 3.47. The van der Waals surface area contributed by atoms with Crippen LogP contribution in [0.1, 0.15) is 51.3 Å². The molecule has 1 aromatic heterocycles. The molecule has 2 aromatic rings. The Hall–Kier alpha value is -3.93. The molecule has 2 heterocycles. The number of nitrogens with zero attached hydrogens (tertiary/aromatic N) is 4. The van der Waals surface area contributed by atoms with Gasteiger partial charge in [-0.25, -0.2) is 13.2 Å². The van der Waals surface area contributed by atoms with Crippen molar-refractivity contribution in [1.82, 2.24) is 20.0 Å². The van der Waals surface area contributed by atoms with Crippen LogP contribution >= 0.6 is 0 Å². The molecule has 0 unspecified atom stereocenters. The minimum Gasteiger partial charge on any atom is -0.444 e. The molecule has 2 fully saturated rings. The maximum atomic E-state index is 14.2. The number of hydrogen-bond donors (Lipinski definition) is 1. The van der Waals surface area contributed by atoms with E-state index in [4.69, 9.17) is 4.74 Å². The highest BCUT2D eigenvalue weighted by molar-refractivity contribution is 7.92. The van der Waals surface area contributed by atoms with E-state index in [1.165, 1.54) is 13.0 Å². The molecule has 4 rings (SSSR count). The van der Waals surface area contributed by atoms with Crippen molar-refractivity contribution in [2.45, 2.75) is 80.5 Å². The number of nitriles is 1. The number of nitrogens with one attached hydrogen (secondary N) is 1. The van der Waals surface area contributed by atoms with Gasteiger partial charge in [0.15, 0.2) is 9.84 Å². The molecule has 1 aromatic carbocycles. The smallest absolute Gasteiger partial charge is 0.417 e. The minimum atomic E-state index is -5.14. The zero-order valence-electron chi connectivity index (χ0n) is 22.7. The van der Waals surface area contributed by atoms with E-state index in [0.717, 1.165) is 27.8 Å². The highest BCUT2D eigenvalue weighted by Crippen LogP contribution is 2.40. The summed E-state index contributed by atoms with van der Waals surface area (Å²) in [7, 11) is -4.80. The van der Waals surface area contributed by atoms with E-state index in [-0.39, 0.29) is 5.69 Å². The quantitative estimate of drug-likeness (QED) is 0.554. The number of carbonyl (C=O) groups is 2. The van der Waals surface area contributed by atoms with Crippen LogP contribution in [0.5, 0.6) is 0 Å². The van der Waals surface area contributed by atoms with E-state index in [0.29, 0.717) is 24.6 Å². The number of halogens is 3. The molecule has 1 aliphatic carbocycles. The molecule has 1 saturated heterocycles. The van der Waals surface area contributed by atoms with Crippen molar-refractivity contribution in [3.63, 3.8) is 0 Å². The molecule has 1 aliphatic heterocycles. The fraction of sp³-hybridized carbons (Fsp3) is 0.500. The third-order valence-corrected chi connectivity index (χ3v) is 8.90. The van der Waals surface area contributed by atoms with Gasteiger partial charge in [0.05, 0.1) is 33.2 Å². The second kappa shape index (κ2) is 10.2. The van der Waals surface area contributed by atoms with E-state index in [1.54, 1.807) is 20.8 Å². The second-order valence-electron chi connectivity index (χ2n) is 11.1. The van der Waals surface area contributed by atoms with Crippen LogP contribution in [0, 0.1) is 18.3 Å². The molecule has 2 aliphatic rings. The van der Waals surface area contributed by atoms with E-state index in [2.05, 4.69) is 10.4 Å². The summed E-state index contributed by atoms with van der Waals surface area (Å²) >= 11 is 0. The average molecular weight is 596 g/mol. The van der Waals surface area contributed by atoms with E-state index in [9.17, 15) is 41.2 Å². The van der Waals surface area contributed by atoms with E-state index >= 15 is 0 Å². The van der Waals surface area contributed by atoms with Gasteiger partial charge in [-0.3, -0.25) is 14.5 Å². The molecule has 0 bridgehead atoms. The van der Waals surface area contributed by atoms with Gasteiger partial charge in [-0.1, -0.05) is 0 Å². The molecular weight excluding hydrogens is 567 g/mol. The molecule has 0 radical (unpaired) electrons. The van der Waals surface area contributed by atoms with Crippen molar-refractivity contribution in [1.29, 1.82) is 5.26 Å². The Balaban J connectivity index is 1.74. The maximum absolute atomic E-state index is 14.2. The van der Waals surface area contributed by atoms with Crippen molar-refractivity contribution in [3.8, 4) is 11.8 Å². The van der Waals surface area contributed by atoms with Gasteiger partial charge >= 0.3 is 12.3 Å². The number of ether oxygens (including phenoxy) is 1. The lowest BCUT2D eigenvalue weighted by atomic mass is 10.1. The first-order valence-electron chi connectivity index (χ1n) is 12.6. The van der Waals surface area contributed by atoms with Gasteiger partial charge < -0.3 is 10.1 Å². The number of hydrogen-bond acceptors (Lipinski definition) is 8. The molecule has 15 heteroatoms. The predicted molar refractivity (Wildman–Crippen MR) is 138 cm³/mol. The Morgan fingerprint density at radius 2 is 1.83 bits per heavy atom. The first-order valence-corrected chi connectivity index (χ1v) is 14.2. The SMILES string of the molecule is Cc1ccc(=O)n(-c2ccc(S(=O)(=O)[C@@H]3C[C@@H](C(=O)NC4(C#N)CC4)N(C(=O)OC(C)(C)C)C3)c(C(F)(F)F)c2)n1. The summed E-state index contributed by atoms with van der Waals surface area (Å²) in [6, 6.07) is 5.36. The van der Waals surface area contributed by atoms with Crippen LogP contribution in [0.2, 0.25) is 0 Å². The van der Waals surface area contributed by atoms with Crippen LogP contribution in [0.15, 0.2) is 40.0 Å². The molecule has 2 amide bonds. The largest absolute Gasteiger partial charge is 0.444 e. The molecule has 1 saturated carbocycles. The summed E-state index contributed by atoms with van der Waals surface area (Å²) in [4.78, 5) is 38.1. The lowest BCUT2D eigenvalue weighted by molar-refractivity contribution is -0.139. The summed E-state index contributed by atoms with van der Waals surface area (Å²) in [5.41, 5.74) is -4.34. The van der Waals surface area contributed by atoms with Crippen molar-refractivity contribution in [3.05, 3.63) is 51.9 Å². The molecule has 2 atom stereocenters. The normalized spacial score (nSPS) is 20.3. The first kappa shape index (κ1) is 30.0. The third kappa shape index (κ3) is 6.22. The number of aromatic nitrogens is 2. The summed E-state index contributed by atoms with van der Waals surface area (Å²) < 4.78 is 76.1. The fourth-order valence-electron chi connectivity index (χ4n) is 4.49. The predicted octanol–water partition coefficient (Wildman–Crippen LogP) is 2.88. The number of sulfone groups is 1. The topological polar surface area (TPSA) is 151 Å². The number of rotatable bonds is 5. The number of aryl methyl sites for hydroxylation is 1. The molecular formula is C26H28F3N5O6S. The standard InChI is InChI=1S/C26H28F3N5O6S/c1-15-5-8-21(35)34(32-15)16-6-7-20(18(11-16)26(27,28)29)41(38,39)17-12-19(22(36)31-25(14-30)9-10-25)33(13-17)23(37)40-24(2,3)4/h5-8,11,17,19H,9-10,12-13H2,1-4H3,(H,31,36)/t17-,19+/m1/s1. The number of amides is 2. The molecule has 11 nitrogen and oxygen atoms in total. The minimum absolute atomic E-state index is 0.296. The van der Waals surface area contributed by atoms with Gasteiger partial charge in [0.1, 0.15) is 17.2 Å². The van der Waals surface area contributed by atoms with Crippen molar-refractivity contribution in [2.24, 2.45) is 0 Å². The fourth-order valence-corrected chi connectivity index (χ4v) is 6.38. The van der Waals surface area contributed by atoms with Crippen LogP contribution in [0.3, 0.4) is 0 Å². The number of benzene rings is 1. The van der Waals surface area contributed by atoms with Gasteiger partial charge in [0.2, 0.25) is 5.91 Å². The van der Waals surface area contributed by atoms with Gasteiger partial charge in [-0.2, -0.15) is 28.2 Å². The Bertz CT molecular complexity index is 1600. The zero-order valence-corrected chi connectivity index (χ0v) is 23.5. The number of likely N-dealkylation sites (tertiary alicyclic amines) is 1. The molecule has 0 spiro atoms. The Labute approximate surface area is 233 Å². The number of alkyl halides is 3. The highest BCUT2D eigenvalue weighted by atomic mass is 32.2. The zero-order chi connectivity index (χ0) is 30.5. The Morgan fingerprint density at radius 3 is 2.39 bits per heavy atom. The molecule has 41 heavy (non-hydrogen) atoms. The van der Waals surface area contributed by atoms with Crippen LogP contribution in [0.4, 0.5) is 18.0 Å². The Morgan fingerprint density at radius 1 is 1.17 bits per heavy atom. The van der Waals surface area contributed by atoms with Gasteiger partial charge in [-0.15, -0.1) is 0 Å². The second-order valence-corrected chi connectivity index (χ2v) is 13.3. The van der Waals surface area contributed by atoms with Crippen molar-refractivity contribution in [2.75, 3.05) is 6.54 Å². The first-order chi connectivity index (χ1) is 18.9. The molecule has 220 valence electrons. The third-order valence-electron chi connectivity index (χ3n) is 6.71. The van der Waals surface area contributed by atoms with Crippen LogP contribution in [-0.4, -0.2) is 64.1 Å². The number of carbonyl (C=O) groups excluding carboxylic acids is 2. The lowest BCUT2D eigenvalue weighted by Crippen LogP contribution is -2.50. The summed E-state index contributed by atoms with van der Waals surface area (Å²) in [6.07, 6.45) is -5.94. The van der Waals surface area contributed by atoms with Crippen molar-refractivity contribution >= 4 is 21.8 Å². The van der Waals surface area contributed by atoms with E-state index < -0.39 is 79.4 Å². The van der Waals surface area contributed by atoms with E-state index in [1.807, 2.05) is 6.07 Å². The summed E-state index contributed by atoms with van der Waals surface area (Å²) in [6.45, 7) is 5.59. The summed E-state index contributed by atoms with van der Waals surface area (Å²) in [5.74, 6) is -0.802. The van der Waals surface area contributed by atoms with Crippen LogP contribution < -0.4 is 10.9 Å². The van der Waals surface area contributed by atoms with Gasteiger partial charge in [0, 0.05) is 12.6 Å². The Kier molecular flexibility index (Phi) is 7.45. The van der Waals surface area contributed by atoms with Crippen LogP contribution in [-0.2, 0) is 25.5 Å². The monoisotopic (exact) mass is 595 g/mol. The van der Waals surface area contributed by atoms with Crippen LogP contribution in [0.25, 0.3) is 5.69 Å². The summed E-state index contributed by atoms with van der Waals surface area (Å²) in [5, 5.41) is 14.2. The molecule has 1 N–H and O–H groups in total.